The molecule has 11 heteroatoms. The van der Waals surface area contributed by atoms with E-state index in [4.69, 9.17) is 10.3 Å². The zero-order chi connectivity index (χ0) is 17.6. The molecule has 0 radical (unpaired) electrons. The number of nitrogens with one attached hydrogen (secondary N) is 1. The van der Waals surface area contributed by atoms with Gasteiger partial charge in [0.1, 0.15) is 0 Å². The molecular weight excluding hydrogens is 348 g/mol. The van der Waals surface area contributed by atoms with Crippen molar-refractivity contribution in [1.29, 1.82) is 0 Å². The van der Waals surface area contributed by atoms with Crippen molar-refractivity contribution in [2.24, 2.45) is 5.92 Å². The highest BCUT2D eigenvalue weighted by Gasteiger charge is 2.27. The number of allylic oxidation sites excluding steroid dienone is 1. The van der Waals surface area contributed by atoms with Crippen LogP contribution in [0.5, 0.6) is 0 Å². The van der Waals surface area contributed by atoms with Crippen LogP contribution in [0.15, 0.2) is 18.5 Å². The SMILES string of the molecule is Nc1nc(NC2CC2)c2ncn(C3C=C[C@@H](COS(=O)(=O)O)C3)c2n1. The summed E-state index contributed by atoms with van der Waals surface area (Å²) in [6, 6.07) is 0.360. The Hall–Kier alpha value is -2.24. The fourth-order valence-corrected chi connectivity index (χ4v) is 3.30. The summed E-state index contributed by atoms with van der Waals surface area (Å²) in [6.07, 6.45) is 8.29. The Morgan fingerprint density at radius 1 is 1.36 bits per heavy atom. The van der Waals surface area contributed by atoms with Crippen molar-refractivity contribution in [2.45, 2.75) is 31.3 Å². The van der Waals surface area contributed by atoms with Gasteiger partial charge in [-0.25, -0.2) is 9.17 Å². The molecule has 2 atom stereocenters. The maximum atomic E-state index is 10.7. The number of nitrogen functional groups attached to an aromatic ring is 1. The Balaban J connectivity index is 1.56. The predicted octanol–water partition coefficient (Wildman–Crippen LogP) is 0.919. The Morgan fingerprint density at radius 3 is 2.88 bits per heavy atom. The number of aromatic nitrogens is 4. The van der Waals surface area contributed by atoms with Gasteiger partial charge >= 0.3 is 10.4 Å². The van der Waals surface area contributed by atoms with Crippen molar-refractivity contribution in [3.8, 4) is 0 Å². The number of rotatable bonds is 6. The largest absolute Gasteiger partial charge is 0.397 e. The summed E-state index contributed by atoms with van der Waals surface area (Å²) in [5.41, 5.74) is 7.12. The third-order valence-corrected chi connectivity index (χ3v) is 4.73. The van der Waals surface area contributed by atoms with Crippen LogP contribution in [0, 0.1) is 5.92 Å². The van der Waals surface area contributed by atoms with Crippen molar-refractivity contribution in [2.75, 3.05) is 17.7 Å². The van der Waals surface area contributed by atoms with Crippen molar-refractivity contribution < 1.29 is 17.2 Å². The van der Waals surface area contributed by atoms with Gasteiger partial charge in [-0.2, -0.15) is 18.4 Å². The topological polar surface area (TPSA) is 145 Å². The molecule has 2 aromatic heterocycles. The third-order valence-electron chi connectivity index (χ3n) is 4.29. The summed E-state index contributed by atoms with van der Waals surface area (Å²) < 4.78 is 36.4. The summed E-state index contributed by atoms with van der Waals surface area (Å²) in [5.74, 6) is 0.676. The van der Waals surface area contributed by atoms with Crippen LogP contribution in [0.25, 0.3) is 11.2 Å². The van der Waals surface area contributed by atoms with Crippen LogP contribution in [0.2, 0.25) is 0 Å². The van der Waals surface area contributed by atoms with Crippen LogP contribution in [0.4, 0.5) is 11.8 Å². The van der Waals surface area contributed by atoms with Gasteiger partial charge in [0.15, 0.2) is 17.0 Å². The highest BCUT2D eigenvalue weighted by molar-refractivity contribution is 7.80. The van der Waals surface area contributed by atoms with Gasteiger partial charge in [0.25, 0.3) is 0 Å². The van der Waals surface area contributed by atoms with Crippen LogP contribution in [-0.4, -0.2) is 45.1 Å². The molecule has 0 bridgehead atoms. The molecule has 10 nitrogen and oxygen atoms in total. The first-order chi connectivity index (χ1) is 11.9. The molecule has 4 rings (SSSR count). The second kappa shape index (κ2) is 5.93. The van der Waals surface area contributed by atoms with E-state index in [0.717, 1.165) is 12.8 Å². The highest BCUT2D eigenvalue weighted by Crippen LogP contribution is 2.33. The standard InChI is InChI=1S/C14H18N6O4S/c15-14-18-12(17-9-2-3-9)11-13(19-14)20(7-16-11)10-4-1-8(5-10)6-24-25(21,22)23/h1,4,7-10H,2-3,5-6H2,(H,21,22,23)(H3,15,17,18,19)/t8-,10?/m1/s1. The Labute approximate surface area is 144 Å². The average Bonchev–Trinajstić information content (AvgIpc) is 3.06. The molecule has 0 amide bonds. The molecule has 2 heterocycles. The van der Waals surface area contributed by atoms with E-state index in [-0.39, 0.29) is 24.5 Å². The maximum Gasteiger partial charge on any atom is 0.397 e. The lowest BCUT2D eigenvalue weighted by atomic mass is 10.1. The second-order valence-corrected chi connectivity index (χ2v) is 7.42. The summed E-state index contributed by atoms with van der Waals surface area (Å²) in [7, 11) is -4.43. The van der Waals surface area contributed by atoms with E-state index in [0.29, 0.717) is 29.4 Å². The lowest BCUT2D eigenvalue weighted by Crippen LogP contribution is -2.13. The van der Waals surface area contributed by atoms with E-state index in [1.807, 2.05) is 16.7 Å². The molecule has 25 heavy (non-hydrogen) atoms. The number of nitrogens with two attached hydrogens (primary N) is 1. The van der Waals surface area contributed by atoms with Gasteiger partial charge in [0.2, 0.25) is 5.95 Å². The molecule has 0 spiro atoms. The van der Waals surface area contributed by atoms with Gasteiger partial charge in [0, 0.05) is 12.0 Å². The second-order valence-electron chi connectivity index (χ2n) is 6.33. The number of hydrogen-bond acceptors (Lipinski definition) is 8. The highest BCUT2D eigenvalue weighted by atomic mass is 32.3. The summed E-state index contributed by atoms with van der Waals surface area (Å²) in [6.45, 7) is -0.107. The van der Waals surface area contributed by atoms with Gasteiger partial charge in [-0.05, 0) is 19.3 Å². The van der Waals surface area contributed by atoms with E-state index in [2.05, 4.69) is 24.5 Å². The minimum Gasteiger partial charge on any atom is -0.368 e. The fraction of sp³-hybridized carbons (Fsp3) is 0.500. The van der Waals surface area contributed by atoms with Crippen molar-refractivity contribution in [3.63, 3.8) is 0 Å². The quantitative estimate of drug-likeness (QED) is 0.501. The van der Waals surface area contributed by atoms with Crippen molar-refractivity contribution >= 4 is 33.3 Å². The number of hydrogen-bond donors (Lipinski definition) is 3. The molecule has 4 N–H and O–H groups in total. The van der Waals surface area contributed by atoms with Crippen LogP contribution in [0.1, 0.15) is 25.3 Å². The van der Waals surface area contributed by atoms with Crippen LogP contribution < -0.4 is 11.1 Å². The van der Waals surface area contributed by atoms with E-state index in [1.165, 1.54) is 0 Å². The molecule has 0 aliphatic heterocycles. The lowest BCUT2D eigenvalue weighted by molar-refractivity contribution is 0.235. The van der Waals surface area contributed by atoms with E-state index in [1.54, 1.807) is 6.33 Å². The molecule has 1 saturated carbocycles. The third kappa shape index (κ3) is 3.57. The van der Waals surface area contributed by atoms with Gasteiger partial charge < -0.3 is 15.6 Å². The van der Waals surface area contributed by atoms with E-state index < -0.39 is 10.4 Å². The first-order valence-corrected chi connectivity index (χ1v) is 9.32. The van der Waals surface area contributed by atoms with E-state index in [9.17, 15) is 8.42 Å². The molecule has 2 aromatic rings. The van der Waals surface area contributed by atoms with E-state index >= 15 is 0 Å². The molecule has 0 saturated heterocycles. The minimum atomic E-state index is -4.43. The monoisotopic (exact) mass is 366 g/mol. The average molecular weight is 366 g/mol. The van der Waals surface area contributed by atoms with Gasteiger partial charge in [-0.15, -0.1) is 0 Å². The molecule has 1 unspecified atom stereocenters. The summed E-state index contributed by atoms with van der Waals surface area (Å²) in [4.78, 5) is 13.0. The number of nitrogens with zero attached hydrogens (tertiary/aromatic N) is 4. The number of fused-ring (bicyclic) bond motifs is 1. The molecule has 1 fully saturated rings. The maximum absolute atomic E-state index is 10.7. The zero-order valence-electron chi connectivity index (χ0n) is 13.2. The molecule has 0 aromatic carbocycles. The van der Waals surface area contributed by atoms with Crippen LogP contribution in [0.3, 0.4) is 0 Å². The normalized spacial score (nSPS) is 23.4. The Bertz CT molecular complexity index is 936. The molecule has 2 aliphatic rings. The van der Waals surface area contributed by atoms with Crippen molar-refractivity contribution in [3.05, 3.63) is 18.5 Å². The Morgan fingerprint density at radius 2 is 2.16 bits per heavy atom. The predicted molar refractivity (Wildman–Crippen MR) is 90.2 cm³/mol. The molecular formula is C14H18N6O4S. The summed E-state index contributed by atoms with van der Waals surface area (Å²) in [5, 5.41) is 3.31. The molecule has 134 valence electrons. The first-order valence-electron chi connectivity index (χ1n) is 7.96. The minimum absolute atomic E-state index is 0.0527. The molecule has 2 aliphatic carbocycles. The smallest absolute Gasteiger partial charge is 0.368 e. The van der Waals surface area contributed by atoms with Crippen molar-refractivity contribution in [1.82, 2.24) is 19.5 Å². The zero-order valence-corrected chi connectivity index (χ0v) is 14.1. The van der Waals surface area contributed by atoms with Gasteiger partial charge in [0.05, 0.1) is 19.0 Å². The first kappa shape index (κ1) is 16.2. The number of imidazole rings is 1. The Kier molecular flexibility index (Phi) is 3.85. The van der Waals surface area contributed by atoms with Gasteiger partial charge in [-0.1, -0.05) is 12.2 Å². The summed E-state index contributed by atoms with van der Waals surface area (Å²) >= 11 is 0. The number of anilines is 2. The lowest BCUT2D eigenvalue weighted by Gasteiger charge is -2.14. The fourth-order valence-electron chi connectivity index (χ4n) is 2.95. The van der Waals surface area contributed by atoms with Crippen LogP contribution in [-0.2, 0) is 14.6 Å². The van der Waals surface area contributed by atoms with Gasteiger partial charge in [-0.3, -0.25) is 4.55 Å². The van der Waals surface area contributed by atoms with Crippen LogP contribution >= 0.6 is 0 Å².